The van der Waals surface area contributed by atoms with E-state index in [9.17, 15) is 14.4 Å². The van der Waals surface area contributed by atoms with Crippen molar-refractivity contribution in [1.29, 1.82) is 0 Å². The molecule has 0 radical (unpaired) electrons. The minimum Gasteiger partial charge on any atom is -0.406 e. The molecule has 8 heteroatoms. The van der Waals surface area contributed by atoms with Gasteiger partial charge in [-0.05, 0) is 55.6 Å². The SMILES string of the molecule is CC1(CC(=O)N2CCC3C(CCCN3C(=O)c3ccc4oc(=O)[nH]c4n3)C2)CC1. The van der Waals surface area contributed by atoms with E-state index < -0.39 is 5.76 Å². The number of hydrogen-bond donors (Lipinski definition) is 1. The number of oxazole rings is 1. The Morgan fingerprint density at radius 2 is 2.10 bits per heavy atom. The Bertz CT molecular complexity index is 1020. The predicted molar refractivity (Wildman–Crippen MR) is 105 cm³/mol. The molecule has 0 bridgehead atoms. The number of amides is 2. The normalized spacial score (nSPS) is 25.7. The summed E-state index contributed by atoms with van der Waals surface area (Å²) in [6.45, 7) is 4.34. The fourth-order valence-corrected chi connectivity index (χ4v) is 4.86. The highest BCUT2D eigenvalue weighted by Crippen LogP contribution is 2.48. The first-order chi connectivity index (χ1) is 13.9. The van der Waals surface area contributed by atoms with Crippen LogP contribution < -0.4 is 5.76 Å². The molecule has 0 aromatic carbocycles. The van der Waals surface area contributed by atoms with Crippen molar-refractivity contribution in [2.75, 3.05) is 19.6 Å². The number of likely N-dealkylation sites (tertiary alicyclic amines) is 2. The van der Waals surface area contributed by atoms with Crippen LogP contribution in [0.15, 0.2) is 21.3 Å². The molecule has 1 saturated carbocycles. The molecular weight excluding hydrogens is 372 g/mol. The molecule has 154 valence electrons. The monoisotopic (exact) mass is 398 g/mol. The van der Waals surface area contributed by atoms with Crippen LogP contribution in [-0.2, 0) is 4.79 Å². The van der Waals surface area contributed by atoms with Crippen LogP contribution in [0.2, 0.25) is 0 Å². The van der Waals surface area contributed by atoms with Gasteiger partial charge in [0, 0.05) is 32.1 Å². The van der Waals surface area contributed by atoms with Crippen molar-refractivity contribution in [3.8, 4) is 0 Å². The van der Waals surface area contributed by atoms with E-state index >= 15 is 0 Å². The highest BCUT2D eigenvalue weighted by Gasteiger charge is 2.43. The van der Waals surface area contributed by atoms with E-state index in [0.717, 1.165) is 38.6 Å². The summed E-state index contributed by atoms with van der Waals surface area (Å²) < 4.78 is 4.97. The molecule has 2 unspecified atom stereocenters. The average molecular weight is 398 g/mol. The summed E-state index contributed by atoms with van der Waals surface area (Å²) in [7, 11) is 0. The number of fused-ring (bicyclic) bond motifs is 2. The number of nitrogens with one attached hydrogen (secondary N) is 1. The lowest BCUT2D eigenvalue weighted by atomic mass is 9.83. The van der Waals surface area contributed by atoms with E-state index in [4.69, 9.17) is 4.42 Å². The van der Waals surface area contributed by atoms with Crippen molar-refractivity contribution in [3.05, 3.63) is 28.4 Å². The lowest BCUT2D eigenvalue weighted by molar-refractivity contribution is -0.135. The Hall–Kier alpha value is -2.64. The van der Waals surface area contributed by atoms with Crippen molar-refractivity contribution >= 4 is 23.0 Å². The standard InChI is InChI=1S/C21H26N4O4/c1-21(7-8-21)11-17(26)24-10-6-15-13(12-24)3-2-9-25(15)19(27)14-4-5-16-18(22-14)23-20(28)29-16/h4-5,13,15H,2-3,6-12H2,1H3,(H,22,23,28). The first kappa shape index (κ1) is 18.4. The predicted octanol–water partition coefficient (Wildman–Crippen LogP) is 2.16. The van der Waals surface area contributed by atoms with Crippen molar-refractivity contribution in [2.24, 2.45) is 11.3 Å². The average Bonchev–Trinajstić information content (AvgIpc) is 3.31. The van der Waals surface area contributed by atoms with Crippen LogP contribution in [-0.4, -0.2) is 57.3 Å². The van der Waals surface area contributed by atoms with Crippen molar-refractivity contribution < 1.29 is 14.0 Å². The Morgan fingerprint density at radius 1 is 1.28 bits per heavy atom. The molecule has 0 spiro atoms. The van der Waals surface area contributed by atoms with E-state index in [0.29, 0.717) is 42.4 Å². The second-order valence-electron chi connectivity index (χ2n) is 9.14. The van der Waals surface area contributed by atoms with Gasteiger partial charge in [-0.25, -0.2) is 9.78 Å². The zero-order chi connectivity index (χ0) is 20.2. The summed E-state index contributed by atoms with van der Waals surface area (Å²) in [5.41, 5.74) is 1.18. The maximum atomic E-state index is 13.2. The van der Waals surface area contributed by atoms with Gasteiger partial charge >= 0.3 is 5.76 Å². The highest BCUT2D eigenvalue weighted by atomic mass is 16.4. The summed E-state index contributed by atoms with van der Waals surface area (Å²) in [6.07, 6.45) is 5.73. The molecule has 2 aromatic heterocycles. The van der Waals surface area contributed by atoms with Crippen LogP contribution in [0.1, 0.15) is 55.9 Å². The fourth-order valence-electron chi connectivity index (χ4n) is 4.86. The van der Waals surface area contributed by atoms with Gasteiger partial charge in [-0.15, -0.1) is 0 Å². The summed E-state index contributed by atoms with van der Waals surface area (Å²) in [6, 6.07) is 3.35. The molecule has 2 aliphatic heterocycles. The summed E-state index contributed by atoms with van der Waals surface area (Å²) in [5.74, 6) is -0.112. The lowest BCUT2D eigenvalue weighted by Crippen LogP contribution is -2.56. The van der Waals surface area contributed by atoms with E-state index in [1.165, 1.54) is 0 Å². The lowest BCUT2D eigenvalue weighted by Gasteiger charge is -2.47. The largest absolute Gasteiger partial charge is 0.418 e. The van der Waals surface area contributed by atoms with Gasteiger partial charge in [0.05, 0.1) is 0 Å². The number of nitrogens with zero attached hydrogens (tertiary/aromatic N) is 3. The Balaban J connectivity index is 1.30. The maximum absolute atomic E-state index is 13.2. The number of H-pyrrole nitrogens is 1. The fraction of sp³-hybridized carbons (Fsp3) is 0.619. The van der Waals surface area contributed by atoms with Gasteiger partial charge in [0.15, 0.2) is 11.2 Å². The molecule has 2 atom stereocenters. The van der Waals surface area contributed by atoms with Crippen LogP contribution in [0.25, 0.3) is 11.2 Å². The number of carbonyl (C=O) groups excluding carboxylic acids is 2. The molecule has 8 nitrogen and oxygen atoms in total. The molecule has 5 rings (SSSR count). The van der Waals surface area contributed by atoms with Crippen molar-refractivity contribution in [1.82, 2.24) is 19.8 Å². The zero-order valence-corrected chi connectivity index (χ0v) is 16.6. The van der Waals surface area contributed by atoms with E-state index in [1.54, 1.807) is 12.1 Å². The minimum absolute atomic E-state index is 0.117. The molecule has 2 amide bonds. The smallest absolute Gasteiger partial charge is 0.406 e. The number of carbonyl (C=O) groups is 2. The summed E-state index contributed by atoms with van der Waals surface area (Å²) in [5, 5.41) is 0. The number of aromatic nitrogens is 2. The number of hydrogen-bond acceptors (Lipinski definition) is 5. The second kappa shape index (κ2) is 6.71. The van der Waals surface area contributed by atoms with Gasteiger partial charge in [0.1, 0.15) is 5.69 Å². The first-order valence-corrected chi connectivity index (χ1v) is 10.5. The van der Waals surface area contributed by atoms with Crippen molar-refractivity contribution in [3.63, 3.8) is 0 Å². The van der Waals surface area contributed by atoms with E-state index in [-0.39, 0.29) is 23.3 Å². The number of piperidine rings is 2. The Kier molecular flexibility index (Phi) is 4.26. The van der Waals surface area contributed by atoms with Crippen molar-refractivity contribution in [2.45, 2.75) is 51.5 Å². The number of rotatable bonds is 3. The molecule has 29 heavy (non-hydrogen) atoms. The third kappa shape index (κ3) is 3.45. The van der Waals surface area contributed by atoms with Crippen LogP contribution in [0.3, 0.4) is 0 Å². The van der Waals surface area contributed by atoms with Crippen LogP contribution in [0.5, 0.6) is 0 Å². The topological polar surface area (TPSA) is 99.5 Å². The highest BCUT2D eigenvalue weighted by molar-refractivity contribution is 5.94. The molecule has 2 saturated heterocycles. The molecule has 2 aromatic rings. The number of aromatic amines is 1. The molecule has 1 N–H and O–H groups in total. The third-order valence-corrected chi connectivity index (χ3v) is 6.86. The molecule has 3 fully saturated rings. The molecule has 1 aliphatic carbocycles. The summed E-state index contributed by atoms with van der Waals surface area (Å²) in [4.78, 5) is 47.9. The third-order valence-electron chi connectivity index (χ3n) is 6.86. The van der Waals surface area contributed by atoms with Gasteiger partial charge in [0.25, 0.3) is 5.91 Å². The van der Waals surface area contributed by atoms with E-state index in [1.807, 2.05) is 9.80 Å². The second-order valence-corrected chi connectivity index (χ2v) is 9.14. The van der Waals surface area contributed by atoms with Crippen LogP contribution in [0, 0.1) is 11.3 Å². The van der Waals surface area contributed by atoms with Gasteiger partial charge < -0.3 is 14.2 Å². The number of pyridine rings is 1. The first-order valence-electron chi connectivity index (χ1n) is 10.5. The Morgan fingerprint density at radius 3 is 2.90 bits per heavy atom. The van der Waals surface area contributed by atoms with Gasteiger partial charge in [-0.2, -0.15) is 0 Å². The maximum Gasteiger partial charge on any atom is 0.418 e. The molecule has 4 heterocycles. The van der Waals surface area contributed by atoms with E-state index in [2.05, 4.69) is 16.9 Å². The van der Waals surface area contributed by atoms with Crippen LogP contribution in [0.4, 0.5) is 0 Å². The molecular formula is C21H26N4O4. The quantitative estimate of drug-likeness (QED) is 0.854. The summed E-state index contributed by atoms with van der Waals surface area (Å²) >= 11 is 0. The molecule has 3 aliphatic rings. The zero-order valence-electron chi connectivity index (χ0n) is 16.6. The van der Waals surface area contributed by atoms with Gasteiger partial charge in [0.2, 0.25) is 5.91 Å². The Labute approximate surface area is 168 Å². The van der Waals surface area contributed by atoms with Crippen LogP contribution >= 0.6 is 0 Å². The van der Waals surface area contributed by atoms with Gasteiger partial charge in [-0.1, -0.05) is 6.92 Å². The van der Waals surface area contributed by atoms with Gasteiger partial charge in [-0.3, -0.25) is 14.6 Å². The minimum atomic E-state index is -0.577.